The van der Waals surface area contributed by atoms with Crippen molar-refractivity contribution in [2.75, 3.05) is 6.26 Å². The molecule has 0 heterocycles. The summed E-state index contributed by atoms with van der Waals surface area (Å²) < 4.78 is 0. The Balaban J connectivity index is 0.00000170. The van der Waals surface area contributed by atoms with Crippen LogP contribution in [0.4, 0.5) is 0 Å². The standard InChI is InChI=1S/C57H44O4.C2H6.CH4S/c1-37(58)41-5-13-45(14-6-41)49-21-29-53(30-22-49)57(54-31-23-50(24-32-54)46-15-7-42(8-16-46)38(2)59,55-33-25-51(26-34-55)47-17-9-43(10-18-47)39(3)60)56-35-27-52(28-36-56)48-19-11-44(12-20-48)40(4)61;2*1-2/h5-36H,1-4H3;1-2H3;2H,1H3. The highest BCUT2D eigenvalue weighted by Crippen LogP contribution is 2.47. The molecule has 0 amide bonds. The Hall–Kier alpha value is -7.21. The lowest BCUT2D eigenvalue weighted by Gasteiger charge is -2.37. The van der Waals surface area contributed by atoms with Crippen LogP contribution in [0.5, 0.6) is 0 Å². The maximum atomic E-state index is 12.0. The van der Waals surface area contributed by atoms with E-state index >= 15 is 0 Å². The number of rotatable bonds is 12. The predicted octanol–water partition coefficient (Wildman–Crippen LogP) is 15.1. The molecule has 0 spiro atoms. The number of carbonyl (C=O) groups excluding carboxylic acids is 4. The van der Waals surface area contributed by atoms with E-state index in [9.17, 15) is 19.2 Å². The number of ketones is 4. The van der Waals surface area contributed by atoms with Crippen LogP contribution in [-0.2, 0) is 5.41 Å². The molecule has 0 radical (unpaired) electrons. The molecule has 0 fully saturated rings. The molecule has 0 aromatic heterocycles. The molecule has 8 rings (SSSR count). The zero-order valence-electron chi connectivity index (χ0n) is 38.1. The maximum absolute atomic E-state index is 12.0. The molecule has 5 heteroatoms. The third kappa shape index (κ3) is 10.3. The van der Waals surface area contributed by atoms with Crippen LogP contribution in [0.1, 0.15) is 105 Å². The molecule has 0 aliphatic rings. The van der Waals surface area contributed by atoms with Crippen molar-refractivity contribution in [2.24, 2.45) is 0 Å². The van der Waals surface area contributed by atoms with Gasteiger partial charge in [0, 0.05) is 22.3 Å². The number of thiol groups is 1. The summed E-state index contributed by atoms with van der Waals surface area (Å²) in [5.74, 6) is 0.126. The lowest BCUT2D eigenvalue weighted by atomic mass is 9.64. The Bertz CT molecular complexity index is 2460. The van der Waals surface area contributed by atoms with Gasteiger partial charge in [0.05, 0.1) is 5.41 Å². The van der Waals surface area contributed by atoms with E-state index in [0.717, 1.165) is 66.8 Å². The van der Waals surface area contributed by atoms with Crippen LogP contribution in [-0.4, -0.2) is 29.4 Å². The van der Waals surface area contributed by atoms with Crippen LogP contribution < -0.4 is 0 Å². The van der Waals surface area contributed by atoms with Gasteiger partial charge in [-0.05, 0) is 101 Å². The zero-order valence-corrected chi connectivity index (χ0v) is 38.9. The SMILES string of the molecule is CC.CC(=O)c1ccc(-c2ccc(C(c3ccc(-c4ccc(C(C)=O)cc4)cc3)(c3ccc(-c4ccc(C(C)=O)cc4)cc3)c3ccc(-c4ccc(C(C)=O)cc4)cc3)cc2)cc1.CS. The van der Waals surface area contributed by atoms with Gasteiger partial charge in [0.2, 0.25) is 0 Å². The summed E-state index contributed by atoms with van der Waals surface area (Å²) >= 11 is 3.53. The average molecular weight is 871 g/mol. The molecule has 8 aromatic rings. The molecule has 0 N–H and O–H groups in total. The molecule has 0 unspecified atom stereocenters. The van der Waals surface area contributed by atoms with E-state index in [0.29, 0.717) is 22.3 Å². The number of hydrogen-bond acceptors (Lipinski definition) is 5. The smallest absolute Gasteiger partial charge is 0.159 e. The second-order valence-corrected chi connectivity index (χ2v) is 15.6. The molecular formula is C60H54O4S. The van der Waals surface area contributed by atoms with Gasteiger partial charge in [-0.3, -0.25) is 19.2 Å². The number of carbonyl (C=O) groups is 4. The largest absolute Gasteiger partial charge is 0.295 e. The van der Waals surface area contributed by atoms with Crippen LogP contribution >= 0.6 is 12.6 Å². The molecule has 0 atom stereocenters. The van der Waals surface area contributed by atoms with Crippen molar-refractivity contribution in [1.29, 1.82) is 0 Å². The molecule has 0 aliphatic carbocycles. The number of hydrogen-bond donors (Lipinski definition) is 1. The van der Waals surface area contributed by atoms with Crippen LogP contribution in [0.3, 0.4) is 0 Å². The Kier molecular flexibility index (Phi) is 15.6. The van der Waals surface area contributed by atoms with E-state index in [-0.39, 0.29) is 23.1 Å². The first-order chi connectivity index (χ1) is 31.5. The van der Waals surface area contributed by atoms with Crippen molar-refractivity contribution in [1.82, 2.24) is 0 Å². The lowest BCUT2D eigenvalue weighted by molar-refractivity contribution is 0.100. The summed E-state index contributed by atoms with van der Waals surface area (Å²) in [5.41, 5.74) is 14.4. The summed E-state index contributed by atoms with van der Waals surface area (Å²) in [4.78, 5) is 48.1. The molecule has 0 saturated carbocycles. The van der Waals surface area contributed by atoms with Gasteiger partial charge in [-0.15, -0.1) is 0 Å². The van der Waals surface area contributed by atoms with Crippen molar-refractivity contribution in [3.63, 3.8) is 0 Å². The highest BCUT2D eigenvalue weighted by atomic mass is 32.1. The fraction of sp³-hybridized carbons (Fsp3) is 0.133. The van der Waals surface area contributed by atoms with Gasteiger partial charge in [0.25, 0.3) is 0 Å². The maximum Gasteiger partial charge on any atom is 0.159 e. The minimum Gasteiger partial charge on any atom is -0.295 e. The van der Waals surface area contributed by atoms with Gasteiger partial charge < -0.3 is 0 Å². The summed E-state index contributed by atoms with van der Waals surface area (Å²) in [6.07, 6.45) is 1.69. The van der Waals surface area contributed by atoms with Gasteiger partial charge >= 0.3 is 0 Å². The van der Waals surface area contributed by atoms with Crippen molar-refractivity contribution >= 4 is 35.8 Å². The van der Waals surface area contributed by atoms with Crippen molar-refractivity contribution in [2.45, 2.75) is 47.0 Å². The summed E-state index contributed by atoms with van der Waals surface area (Å²) in [5, 5.41) is 0. The minimum absolute atomic E-state index is 0.0314. The quantitative estimate of drug-likeness (QED) is 0.0754. The van der Waals surface area contributed by atoms with Gasteiger partial charge in [0.15, 0.2) is 23.1 Å². The molecule has 324 valence electrons. The van der Waals surface area contributed by atoms with E-state index < -0.39 is 5.41 Å². The van der Waals surface area contributed by atoms with E-state index in [4.69, 9.17) is 0 Å². The first kappa shape index (κ1) is 47.3. The first-order valence-corrected chi connectivity index (χ1v) is 22.7. The fourth-order valence-electron chi connectivity index (χ4n) is 8.24. The van der Waals surface area contributed by atoms with Crippen LogP contribution in [0.15, 0.2) is 194 Å². The van der Waals surface area contributed by atoms with Gasteiger partial charge in [-0.25, -0.2) is 0 Å². The normalized spacial score (nSPS) is 10.7. The Labute approximate surface area is 389 Å². The molecule has 0 bridgehead atoms. The van der Waals surface area contributed by atoms with Gasteiger partial charge in [0.1, 0.15) is 0 Å². The molecule has 65 heavy (non-hydrogen) atoms. The average Bonchev–Trinajstić information content (AvgIpc) is 3.36. The van der Waals surface area contributed by atoms with Gasteiger partial charge in [-0.2, -0.15) is 12.6 Å². The Morgan fingerprint density at radius 1 is 0.262 bits per heavy atom. The summed E-state index contributed by atoms with van der Waals surface area (Å²) in [6, 6.07) is 65.7. The van der Waals surface area contributed by atoms with Crippen molar-refractivity contribution in [3.8, 4) is 44.5 Å². The molecule has 4 nitrogen and oxygen atoms in total. The fourth-order valence-corrected chi connectivity index (χ4v) is 8.24. The van der Waals surface area contributed by atoms with E-state index in [2.05, 4.69) is 110 Å². The highest BCUT2D eigenvalue weighted by Gasteiger charge is 2.38. The van der Waals surface area contributed by atoms with Crippen molar-refractivity contribution in [3.05, 3.63) is 239 Å². The predicted molar refractivity (Wildman–Crippen MR) is 273 cm³/mol. The van der Waals surface area contributed by atoms with E-state index in [1.165, 1.54) is 0 Å². The monoisotopic (exact) mass is 870 g/mol. The van der Waals surface area contributed by atoms with Crippen LogP contribution in [0.2, 0.25) is 0 Å². The van der Waals surface area contributed by atoms with Crippen molar-refractivity contribution < 1.29 is 19.2 Å². The third-order valence-corrected chi connectivity index (χ3v) is 11.8. The zero-order chi connectivity index (χ0) is 46.7. The van der Waals surface area contributed by atoms with E-state index in [1.54, 1.807) is 34.0 Å². The number of Topliss-reactive ketones (excluding diaryl/α,β-unsaturated/α-hetero) is 4. The van der Waals surface area contributed by atoms with Crippen LogP contribution in [0.25, 0.3) is 44.5 Å². The molecule has 8 aromatic carbocycles. The Morgan fingerprint density at radius 3 is 0.508 bits per heavy atom. The second kappa shape index (κ2) is 21.4. The topological polar surface area (TPSA) is 68.3 Å². The minimum atomic E-state index is -0.790. The first-order valence-electron chi connectivity index (χ1n) is 21.8. The highest BCUT2D eigenvalue weighted by molar-refractivity contribution is 7.79. The molecular weight excluding hydrogens is 817 g/mol. The molecule has 0 saturated heterocycles. The van der Waals surface area contributed by atoms with E-state index in [1.807, 2.05) is 111 Å². The summed E-state index contributed by atoms with van der Waals surface area (Å²) in [7, 11) is 0. The second-order valence-electron chi connectivity index (χ2n) is 15.6. The lowest BCUT2D eigenvalue weighted by Crippen LogP contribution is -2.31. The summed E-state index contributed by atoms with van der Waals surface area (Å²) in [6.45, 7) is 10.3. The number of benzene rings is 8. The Morgan fingerprint density at radius 2 is 0.385 bits per heavy atom. The third-order valence-electron chi connectivity index (χ3n) is 11.8. The van der Waals surface area contributed by atoms with Crippen LogP contribution in [0, 0.1) is 0 Å². The molecule has 0 aliphatic heterocycles. The van der Waals surface area contributed by atoms with Gasteiger partial charge in [-0.1, -0.05) is 208 Å².